The summed E-state index contributed by atoms with van der Waals surface area (Å²) in [7, 11) is 0. The summed E-state index contributed by atoms with van der Waals surface area (Å²) in [5.41, 5.74) is -1.56. The van der Waals surface area contributed by atoms with Crippen LogP contribution in [0.25, 0.3) is 0 Å². The molecule has 2 aromatic carbocycles. The van der Waals surface area contributed by atoms with E-state index in [1.807, 2.05) is 9.80 Å². The molecule has 2 heterocycles. The molecule has 0 aromatic heterocycles. The predicted octanol–water partition coefficient (Wildman–Crippen LogP) is 5.40. The van der Waals surface area contributed by atoms with E-state index in [4.69, 9.17) is 12.6 Å². The third-order valence-electron chi connectivity index (χ3n) is 7.70. The third kappa shape index (κ3) is 7.10. The summed E-state index contributed by atoms with van der Waals surface area (Å²) in [4.78, 5) is 19.3. The zero-order valence-corrected chi connectivity index (χ0v) is 23.2. The van der Waals surface area contributed by atoms with Crippen LogP contribution in [0.2, 0.25) is 0 Å². The van der Waals surface area contributed by atoms with E-state index in [9.17, 15) is 36.4 Å². The Hall–Kier alpha value is -2.95. The summed E-state index contributed by atoms with van der Waals surface area (Å²) in [6.07, 6.45) is -8.05. The van der Waals surface area contributed by atoms with Gasteiger partial charge in [-0.3, -0.25) is 9.69 Å². The van der Waals surface area contributed by atoms with E-state index >= 15 is 0 Å². The van der Waals surface area contributed by atoms with Gasteiger partial charge in [-0.25, -0.2) is 0 Å². The number of rotatable bonds is 6. The molecule has 0 spiro atoms. The Morgan fingerprint density at radius 2 is 1.61 bits per heavy atom. The van der Waals surface area contributed by atoms with Gasteiger partial charge in [-0.2, -0.15) is 44.2 Å². The van der Waals surface area contributed by atoms with E-state index in [0.29, 0.717) is 57.8 Å². The highest BCUT2D eigenvalue weighted by molar-refractivity contribution is 7.80. The monoisotopic (exact) mass is 599 g/mol. The van der Waals surface area contributed by atoms with Crippen LogP contribution in [0.15, 0.2) is 42.5 Å². The van der Waals surface area contributed by atoms with Crippen LogP contribution in [-0.2, 0) is 17.1 Å². The van der Waals surface area contributed by atoms with Crippen LogP contribution in [0.1, 0.15) is 36.5 Å². The minimum atomic E-state index is -4.76. The second-order valence-electron chi connectivity index (χ2n) is 10.3. The number of hydrogen-bond donors (Lipinski definition) is 2. The summed E-state index contributed by atoms with van der Waals surface area (Å²) in [6, 6.07) is 9.59. The van der Waals surface area contributed by atoms with Crippen molar-refractivity contribution in [2.75, 3.05) is 49.1 Å². The predicted molar refractivity (Wildman–Crippen MR) is 147 cm³/mol. The first-order valence-electron chi connectivity index (χ1n) is 13.3. The van der Waals surface area contributed by atoms with Crippen molar-refractivity contribution in [2.45, 2.75) is 43.5 Å². The van der Waals surface area contributed by atoms with Crippen molar-refractivity contribution < 1.29 is 31.1 Å². The van der Waals surface area contributed by atoms with Crippen molar-refractivity contribution in [1.82, 2.24) is 10.2 Å². The van der Waals surface area contributed by atoms with Gasteiger partial charge < -0.3 is 15.1 Å². The Morgan fingerprint density at radius 3 is 2.15 bits per heavy atom. The molecule has 2 aliphatic heterocycles. The molecule has 0 aliphatic carbocycles. The topological polar surface area (TPSA) is 62.6 Å². The molecule has 0 bridgehead atoms. The van der Waals surface area contributed by atoms with Crippen molar-refractivity contribution in [3.8, 4) is 6.07 Å². The minimum Gasteiger partial charge on any atom is -0.369 e. The van der Waals surface area contributed by atoms with Gasteiger partial charge in [0, 0.05) is 43.6 Å². The average molecular weight is 600 g/mol. The molecule has 2 aromatic rings. The number of halogens is 6. The number of carbonyl (C=O) groups is 1. The number of amides is 1. The van der Waals surface area contributed by atoms with Crippen molar-refractivity contribution >= 4 is 29.9 Å². The summed E-state index contributed by atoms with van der Waals surface area (Å²) in [5, 5.41) is 11.9. The van der Waals surface area contributed by atoms with Crippen LogP contribution in [-0.4, -0.2) is 61.5 Å². The van der Waals surface area contributed by atoms with E-state index in [1.165, 1.54) is 23.1 Å². The maximum atomic E-state index is 13.9. The van der Waals surface area contributed by atoms with Gasteiger partial charge in [-0.05, 0) is 68.4 Å². The number of nitrogens with zero attached hydrogens (tertiary/aromatic N) is 4. The molecule has 2 atom stereocenters. The first kappa shape index (κ1) is 31.0. The Kier molecular flexibility index (Phi) is 9.45. The Labute approximate surface area is 240 Å². The lowest BCUT2D eigenvalue weighted by molar-refractivity contribution is -0.138. The van der Waals surface area contributed by atoms with E-state index in [1.54, 1.807) is 13.0 Å². The maximum absolute atomic E-state index is 13.9. The molecule has 2 saturated heterocycles. The zero-order valence-electron chi connectivity index (χ0n) is 22.3. The largest absolute Gasteiger partial charge is 0.417 e. The lowest BCUT2D eigenvalue weighted by Gasteiger charge is -2.42. The number of alkyl halides is 6. The molecule has 1 amide bonds. The van der Waals surface area contributed by atoms with Crippen LogP contribution >= 0.6 is 12.6 Å². The first-order chi connectivity index (χ1) is 19.3. The Balaban J connectivity index is 1.50. The molecule has 0 radical (unpaired) electrons. The highest BCUT2D eigenvalue weighted by Crippen LogP contribution is 2.37. The van der Waals surface area contributed by atoms with Gasteiger partial charge in [0.15, 0.2) is 0 Å². The van der Waals surface area contributed by atoms with Crippen molar-refractivity contribution in [3.63, 3.8) is 0 Å². The number of hydrogen-bond acceptors (Lipinski definition) is 6. The Bertz CT molecular complexity index is 1250. The summed E-state index contributed by atoms with van der Waals surface area (Å²) in [5.74, 6) is -1.05. The number of thiol groups is 1. The van der Waals surface area contributed by atoms with E-state index in [0.717, 1.165) is 24.3 Å². The number of anilines is 2. The number of piperazine rings is 1. The molecule has 222 valence electrons. The van der Waals surface area contributed by atoms with Crippen molar-refractivity contribution in [1.29, 1.82) is 5.26 Å². The van der Waals surface area contributed by atoms with Gasteiger partial charge in [-0.1, -0.05) is 6.92 Å². The molecule has 41 heavy (non-hydrogen) atoms. The second-order valence-corrected chi connectivity index (χ2v) is 10.8. The lowest BCUT2D eigenvalue weighted by atomic mass is 9.98. The van der Waals surface area contributed by atoms with E-state index in [2.05, 4.69) is 5.32 Å². The van der Waals surface area contributed by atoms with Gasteiger partial charge >= 0.3 is 12.4 Å². The molecule has 0 saturated carbocycles. The third-order valence-corrected chi connectivity index (χ3v) is 8.48. The molecule has 2 fully saturated rings. The van der Waals surface area contributed by atoms with Crippen LogP contribution in [0.4, 0.5) is 37.7 Å². The molecular formula is C28H31F6N5OS. The number of benzene rings is 2. The van der Waals surface area contributed by atoms with Crippen LogP contribution < -0.4 is 15.1 Å². The molecule has 4 rings (SSSR count). The smallest absolute Gasteiger partial charge is 0.369 e. The highest BCUT2D eigenvalue weighted by Gasteiger charge is 2.38. The average Bonchev–Trinajstić information content (AvgIpc) is 2.96. The quantitative estimate of drug-likeness (QED) is 0.344. The minimum absolute atomic E-state index is 0.0905. The molecule has 2 unspecified atom stereocenters. The number of carbonyl (C=O) groups excluding carboxylic acids is 1. The van der Waals surface area contributed by atoms with Crippen LogP contribution in [0, 0.1) is 17.2 Å². The second kappa shape index (κ2) is 12.5. The fourth-order valence-corrected chi connectivity index (χ4v) is 5.72. The van der Waals surface area contributed by atoms with Gasteiger partial charge in [0.25, 0.3) is 0 Å². The summed E-state index contributed by atoms with van der Waals surface area (Å²) >= 11 is 4.74. The van der Waals surface area contributed by atoms with Crippen LogP contribution in [0.5, 0.6) is 0 Å². The standard InChI is InChI=1S/C28H31F6N5OS/c1-18(26(41)38-14-12-37(13-15-38)21-6-3-20(4-7-21)27(29,30)31)25(40)39(22-8-10-36-11-9-22)23-5-2-19(17-35)24(16-23)28(32,33)34/h2-7,16,18,22,26,36,41H,8-15H2,1H3. The van der Waals surface area contributed by atoms with Crippen molar-refractivity contribution in [2.24, 2.45) is 5.92 Å². The van der Waals surface area contributed by atoms with Gasteiger partial charge in [0.1, 0.15) is 0 Å². The number of nitriles is 1. The number of nitrogens with one attached hydrogen (secondary N) is 1. The van der Waals surface area contributed by atoms with Crippen LogP contribution in [0.3, 0.4) is 0 Å². The zero-order chi connectivity index (χ0) is 29.9. The normalized spacial score (nSPS) is 19.0. The molecule has 6 nitrogen and oxygen atoms in total. The summed E-state index contributed by atoms with van der Waals surface area (Å²) < 4.78 is 79.9. The van der Waals surface area contributed by atoms with Gasteiger partial charge in [0.2, 0.25) is 5.91 Å². The molecule has 13 heteroatoms. The van der Waals surface area contributed by atoms with Crippen molar-refractivity contribution in [3.05, 3.63) is 59.2 Å². The Morgan fingerprint density at radius 1 is 1.00 bits per heavy atom. The van der Waals surface area contributed by atoms with E-state index < -0.39 is 40.3 Å². The van der Waals surface area contributed by atoms with Gasteiger partial charge in [-0.15, -0.1) is 0 Å². The fourth-order valence-electron chi connectivity index (χ4n) is 5.37. The lowest BCUT2D eigenvalue weighted by Crippen LogP contribution is -2.54. The molecular weight excluding hydrogens is 568 g/mol. The maximum Gasteiger partial charge on any atom is 0.417 e. The molecule has 2 aliphatic rings. The summed E-state index contributed by atoms with van der Waals surface area (Å²) in [6.45, 7) is 4.93. The fraction of sp³-hybridized carbons (Fsp3) is 0.500. The number of piperidine rings is 1. The first-order valence-corrected chi connectivity index (χ1v) is 13.8. The SMILES string of the molecule is CC(C(=O)N(c1ccc(C#N)c(C(F)(F)F)c1)C1CCNCC1)C(S)N1CCN(c2ccc(C(F)(F)F)cc2)CC1. The highest BCUT2D eigenvalue weighted by atomic mass is 32.1. The molecule has 1 N–H and O–H groups in total. The van der Waals surface area contributed by atoms with Gasteiger partial charge in [0.05, 0.1) is 34.1 Å². The van der Waals surface area contributed by atoms with E-state index in [-0.39, 0.29) is 17.6 Å².